The molecule has 37 heavy (non-hydrogen) atoms. The first-order valence-electron chi connectivity index (χ1n) is 11.5. The number of carbonyl (C=O) groups excluding carboxylic acids is 2. The zero-order valence-electron chi connectivity index (χ0n) is 21.0. The van der Waals surface area contributed by atoms with Gasteiger partial charge in [-0.15, -0.1) is 11.8 Å². The monoisotopic (exact) mass is 532 g/mol. The van der Waals surface area contributed by atoms with Crippen LogP contribution in [0, 0.1) is 13.8 Å². The highest BCUT2D eigenvalue weighted by Crippen LogP contribution is 2.38. The Balaban J connectivity index is 1.94. The van der Waals surface area contributed by atoms with Crippen molar-refractivity contribution >= 4 is 35.0 Å². The van der Waals surface area contributed by atoms with E-state index in [2.05, 4.69) is 0 Å². The van der Waals surface area contributed by atoms with Gasteiger partial charge in [0.05, 0.1) is 5.88 Å². The van der Waals surface area contributed by atoms with Gasteiger partial charge >= 0.3 is 6.18 Å². The van der Waals surface area contributed by atoms with Crippen molar-refractivity contribution in [3.8, 4) is 0 Å². The topological polar surface area (TPSA) is 40.6 Å². The van der Waals surface area contributed by atoms with Crippen LogP contribution in [0.3, 0.4) is 0 Å². The van der Waals surface area contributed by atoms with Crippen molar-refractivity contribution in [3.05, 3.63) is 94.5 Å². The maximum Gasteiger partial charge on any atom is 0.398 e. The Morgan fingerprint density at radius 3 is 2.03 bits per heavy atom. The second-order valence-electron chi connectivity index (χ2n) is 8.68. The van der Waals surface area contributed by atoms with Crippen LogP contribution in [-0.2, 0) is 0 Å². The Morgan fingerprint density at radius 2 is 1.49 bits per heavy atom. The molecule has 196 valence electrons. The molecule has 9 heteroatoms. The largest absolute Gasteiger partial charge is 0.398 e. The van der Waals surface area contributed by atoms with E-state index in [9.17, 15) is 27.2 Å². The molecule has 0 aliphatic heterocycles. The molecule has 3 aromatic rings. The van der Waals surface area contributed by atoms with Crippen molar-refractivity contribution in [2.75, 3.05) is 35.7 Å². The number of hydrogen-bond acceptors (Lipinski definition) is 3. The molecule has 0 aliphatic carbocycles. The van der Waals surface area contributed by atoms with Crippen LogP contribution in [0.4, 0.5) is 28.9 Å². The summed E-state index contributed by atoms with van der Waals surface area (Å²) in [6.45, 7) is 1.63. The summed E-state index contributed by atoms with van der Waals surface area (Å²) < 4.78 is 53.0. The lowest BCUT2D eigenvalue weighted by Crippen LogP contribution is -2.31. The highest BCUT2D eigenvalue weighted by Gasteiger charge is 2.41. The molecular weight excluding hydrogens is 504 g/mol. The fourth-order valence-corrected chi connectivity index (χ4v) is 4.83. The first-order valence-corrected chi connectivity index (χ1v) is 12.9. The maximum atomic E-state index is 13.4. The van der Waals surface area contributed by atoms with Gasteiger partial charge in [-0.05, 0) is 67.1 Å². The number of aryl methyl sites for hydroxylation is 2. The molecule has 1 unspecified atom stereocenters. The summed E-state index contributed by atoms with van der Waals surface area (Å²) in [5.41, 5.74) is 2.49. The second kappa shape index (κ2) is 11.8. The third-order valence-electron chi connectivity index (χ3n) is 6.03. The van der Waals surface area contributed by atoms with Crippen molar-refractivity contribution in [3.63, 3.8) is 0 Å². The predicted octanol–water partition coefficient (Wildman–Crippen LogP) is 7.16. The van der Waals surface area contributed by atoms with Gasteiger partial charge in [-0.1, -0.05) is 36.4 Å². The average molecular weight is 533 g/mol. The highest BCUT2D eigenvalue weighted by atomic mass is 32.2. The lowest BCUT2D eigenvalue weighted by molar-refractivity contribution is -0.153. The number of amides is 2. The van der Waals surface area contributed by atoms with E-state index in [1.807, 2.05) is 12.3 Å². The number of carbonyl (C=O) groups is 2. The third-order valence-corrected chi connectivity index (χ3v) is 6.55. The number of anilines is 2. The van der Waals surface area contributed by atoms with Crippen LogP contribution in [0.5, 0.6) is 0 Å². The Kier molecular flexibility index (Phi) is 9.02. The van der Waals surface area contributed by atoms with Gasteiger partial charge in [-0.25, -0.2) is 0 Å². The number of nitrogens with zero attached hydrogens (tertiary/aromatic N) is 2. The van der Waals surface area contributed by atoms with Gasteiger partial charge in [-0.3, -0.25) is 18.9 Å². The van der Waals surface area contributed by atoms with E-state index in [1.165, 1.54) is 35.8 Å². The lowest BCUT2D eigenvalue weighted by atomic mass is 9.94. The van der Waals surface area contributed by atoms with Crippen molar-refractivity contribution < 1.29 is 27.2 Å². The zero-order chi connectivity index (χ0) is 27.3. The molecule has 0 heterocycles. The van der Waals surface area contributed by atoms with Gasteiger partial charge in [0, 0.05) is 29.5 Å². The number of hydrogen-bond donors (Lipinski definition) is 0. The van der Waals surface area contributed by atoms with Gasteiger partial charge in [-0.2, -0.15) is 13.2 Å². The fraction of sp³-hybridized carbons (Fsp3) is 0.286. The summed E-state index contributed by atoms with van der Waals surface area (Å²) in [5, 5.41) is 0. The number of alkyl halides is 4. The van der Waals surface area contributed by atoms with Gasteiger partial charge in [0.1, 0.15) is 12.6 Å². The summed E-state index contributed by atoms with van der Waals surface area (Å²) >= 11 is 1.46. The summed E-state index contributed by atoms with van der Waals surface area (Å²) in [6.07, 6.45) is -2.84. The highest BCUT2D eigenvalue weighted by molar-refractivity contribution is 7.98. The van der Waals surface area contributed by atoms with E-state index in [0.29, 0.717) is 39.5 Å². The molecule has 3 rings (SSSR count). The van der Waals surface area contributed by atoms with Crippen LogP contribution >= 0.6 is 11.8 Å². The molecule has 0 saturated heterocycles. The Morgan fingerprint density at radius 1 is 0.892 bits per heavy atom. The van der Waals surface area contributed by atoms with Crippen LogP contribution in [0.2, 0.25) is 0 Å². The number of halogens is 4. The smallest absolute Gasteiger partial charge is 0.311 e. The summed E-state index contributed by atoms with van der Waals surface area (Å²) in [7, 11) is 1.54. The minimum Gasteiger partial charge on any atom is -0.311 e. The molecule has 0 spiro atoms. The third kappa shape index (κ3) is 6.33. The maximum absolute atomic E-state index is 13.4. The van der Waals surface area contributed by atoms with Gasteiger partial charge in [0.25, 0.3) is 11.8 Å². The molecule has 0 aromatic heterocycles. The molecule has 1 atom stereocenters. The molecule has 0 bridgehead atoms. The van der Waals surface area contributed by atoms with E-state index >= 15 is 0 Å². The van der Waals surface area contributed by atoms with Crippen molar-refractivity contribution in [1.82, 2.24) is 0 Å². The van der Waals surface area contributed by atoms with Crippen LogP contribution in [0.1, 0.15) is 43.3 Å². The normalized spacial score (nSPS) is 12.2. The van der Waals surface area contributed by atoms with Gasteiger partial charge in [0.15, 0.2) is 0 Å². The number of benzene rings is 3. The van der Waals surface area contributed by atoms with E-state index in [-0.39, 0.29) is 11.5 Å². The number of rotatable bonds is 8. The molecule has 4 nitrogen and oxygen atoms in total. The Bertz CT molecular complexity index is 1240. The van der Waals surface area contributed by atoms with Gasteiger partial charge in [0.2, 0.25) is 0 Å². The van der Waals surface area contributed by atoms with E-state index in [1.54, 1.807) is 67.3 Å². The SMILES string of the molecule is CSCN(C(=O)c1ccccc1)c1cccc(C(=O)N(C)c2c(C)cc(C(CF)C(F)(F)F)cc2C)c1. The fourth-order valence-electron chi connectivity index (χ4n) is 4.30. The van der Waals surface area contributed by atoms with Crippen molar-refractivity contribution in [2.24, 2.45) is 0 Å². The van der Waals surface area contributed by atoms with Gasteiger partial charge < -0.3 is 4.90 Å². The molecule has 0 N–H and O–H groups in total. The van der Waals surface area contributed by atoms with E-state index in [4.69, 9.17) is 0 Å². The van der Waals surface area contributed by atoms with Crippen LogP contribution in [0.25, 0.3) is 0 Å². The first-order chi connectivity index (χ1) is 17.5. The standard InChI is InChI=1S/C28H28F4N2O2S/c1-18-13-22(24(16-29)28(30,31)32)14-19(2)25(18)33(3)26(35)21-11-8-12-23(15-21)34(17-37-4)27(36)20-9-6-5-7-10-20/h5-15,24H,16-17H2,1-4H3. The predicted molar refractivity (Wildman–Crippen MR) is 141 cm³/mol. The average Bonchev–Trinajstić information content (AvgIpc) is 2.86. The second-order valence-corrected chi connectivity index (χ2v) is 9.52. The van der Waals surface area contributed by atoms with Crippen LogP contribution in [0.15, 0.2) is 66.7 Å². The summed E-state index contributed by atoms with van der Waals surface area (Å²) in [5.74, 6) is -2.45. The quantitative estimate of drug-likeness (QED) is 0.228. The molecule has 0 radical (unpaired) electrons. The van der Waals surface area contributed by atoms with Crippen molar-refractivity contribution in [2.45, 2.75) is 25.9 Å². The van der Waals surface area contributed by atoms with E-state index in [0.717, 1.165) is 0 Å². The van der Waals surface area contributed by atoms with E-state index < -0.39 is 24.7 Å². The minimum atomic E-state index is -4.71. The summed E-state index contributed by atoms with van der Waals surface area (Å²) in [4.78, 5) is 29.5. The molecule has 0 saturated carbocycles. The van der Waals surface area contributed by atoms with Crippen molar-refractivity contribution in [1.29, 1.82) is 0 Å². The zero-order valence-corrected chi connectivity index (χ0v) is 21.8. The molecule has 0 aliphatic rings. The number of thioether (sulfide) groups is 1. The molecule has 3 aromatic carbocycles. The molecular formula is C28H28F4N2O2S. The molecule has 2 amide bonds. The Labute approximate surface area is 218 Å². The first kappa shape index (κ1) is 28.2. The Hall–Kier alpha value is -3.33. The lowest BCUT2D eigenvalue weighted by Gasteiger charge is -2.26. The minimum absolute atomic E-state index is 0.177. The van der Waals surface area contributed by atoms with Crippen LogP contribution in [-0.4, -0.2) is 43.8 Å². The van der Waals surface area contributed by atoms with Crippen LogP contribution < -0.4 is 9.80 Å². The summed E-state index contributed by atoms with van der Waals surface area (Å²) in [6, 6.07) is 18.0. The molecule has 0 fully saturated rings.